The lowest BCUT2D eigenvalue weighted by molar-refractivity contribution is 0.584. The van der Waals surface area contributed by atoms with E-state index in [4.69, 9.17) is 11.6 Å². The molecule has 0 saturated carbocycles. The molecule has 0 aliphatic rings. The van der Waals surface area contributed by atoms with Gasteiger partial charge in [-0.25, -0.2) is 4.83 Å². The number of nitrogens with zero attached hydrogens (tertiary/aromatic N) is 1. The maximum atomic E-state index is 11.7. The Hall–Kier alpha value is -1.07. The van der Waals surface area contributed by atoms with E-state index in [9.17, 15) is 8.42 Å². The van der Waals surface area contributed by atoms with E-state index in [1.54, 1.807) is 24.3 Å². The highest BCUT2D eigenvalue weighted by atomic mass is 35.5. The first-order valence-electron chi connectivity index (χ1n) is 5.22. The van der Waals surface area contributed by atoms with Gasteiger partial charge in [-0.3, -0.25) is 0 Å². The number of rotatable bonds is 6. The molecule has 6 heteroatoms. The quantitative estimate of drug-likeness (QED) is 0.374. The van der Waals surface area contributed by atoms with Gasteiger partial charge < -0.3 is 0 Å². The molecule has 1 N–H and O–H groups in total. The van der Waals surface area contributed by atoms with E-state index in [-0.39, 0.29) is 4.90 Å². The Morgan fingerprint density at radius 2 is 2.00 bits per heavy atom. The number of halogens is 1. The fraction of sp³-hybridized carbons (Fsp3) is 0.364. The van der Waals surface area contributed by atoms with Crippen LogP contribution in [0.2, 0.25) is 0 Å². The van der Waals surface area contributed by atoms with Crippen LogP contribution in [0.1, 0.15) is 18.4 Å². The molecular weight excluding hydrogens is 260 g/mol. The normalized spacial score (nSPS) is 11.9. The van der Waals surface area contributed by atoms with Crippen LogP contribution in [0.15, 0.2) is 34.3 Å². The monoisotopic (exact) mass is 274 g/mol. The van der Waals surface area contributed by atoms with Crippen molar-refractivity contribution in [2.24, 2.45) is 5.10 Å². The summed E-state index contributed by atoms with van der Waals surface area (Å²) in [4.78, 5) is 2.36. The van der Waals surface area contributed by atoms with Crippen molar-refractivity contribution >= 4 is 27.8 Å². The number of unbranched alkanes of at least 4 members (excludes halogenated alkanes) is 1. The zero-order valence-electron chi connectivity index (χ0n) is 9.56. The highest BCUT2D eigenvalue weighted by molar-refractivity contribution is 7.89. The first-order chi connectivity index (χ1) is 8.06. The molecule has 94 valence electrons. The van der Waals surface area contributed by atoms with Crippen molar-refractivity contribution in [2.45, 2.75) is 24.7 Å². The van der Waals surface area contributed by atoms with Gasteiger partial charge >= 0.3 is 0 Å². The maximum Gasteiger partial charge on any atom is 0.276 e. The molecule has 0 spiro atoms. The molecule has 0 fully saturated rings. The minimum Gasteiger partial charge on any atom is -0.200 e. The Morgan fingerprint density at radius 1 is 1.35 bits per heavy atom. The summed E-state index contributed by atoms with van der Waals surface area (Å²) >= 11 is 5.48. The Morgan fingerprint density at radius 3 is 2.59 bits per heavy atom. The molecule has 0 bridgehead atoms. The first-order valence-corrected chi connectivity index (χ1v) is 7.24. The molecule has 0 unspecified atom stereocenters. The summed E-state index contributed by atoms with van der Waals surface area (Å²) in [5, 5.41) is 3.66. The summed E-state index contributed by atoms with van der Waals surface area (Å²) in [7, 11) is -3.55. The summed E-state index contributed by atoms with van der Waals surface area (Å²) in [5.74, 6) is 0.538. The third kappa shape index (κ3) is 4.75. The molecule has 0 saturated heterocycles. The molecule has 0 radical (unpaired) electrons. The molecule has 0 heterocycles. The second-order valence-electron chi connectivity index (χ2n) is 3.55. The zero-order valence-corrected chi connectivity index (χ0v) is 11.1. The van der Waals surface area contributed by atoms with Crippen LogP contribution in [0.25, 0.3) is 0 Å². The van der Waals surface area contributed by atoms with Crippen LogP contribution < -0.4 is 4.83 Å². The van der Waals surface area contributed by atoms with E-state index in [2.05, 4.69) is 9.93 Å². The van der Waals surface area contributed by atoms with Crippen molar-refractivity contribution in [2.75, 3.05) is 5.88 Å². The maximum absolute atomic E-state index is 11.7. The Labute approximate surface area is 107 Å². The van der Waals surface area contributed by atoms with Gasteiger partial charge in [0.1, 0.15) is 0 Å². The second-order valence-corrected chi connectivity index (χ2v) is 5.59. The van der Waals surface area contributed by atoms with Crippen molar-refractivity contribution in [3.8, 4) is 0 Å². The van der Waals surface area contributed by atoms with Crippen LogP contribution in [-0.2, 0) is 10.0 Å². The summed E-state index contributed by atoms with van der Waals surface area (Å²) < 4.78 is 23.5. The Kier molecular flexibility index (Phi) is 5.44. The van der Waals surface area contributed by atoms with Gasteiger partial charge in [0, 0.05) is 12.1 Å². The van der Waals surface area contributed by atoms with Crippen molar-refractivity contribution < 1.29 is 8.42 Å². The standard InChI is InChI=1S/C11H15ClN2O2S/c1-10-4-6-11(7-5-10)17(15,16)14-13-9-3-2-8-12/h4-7,9,14H,2-3,8H2,1H3. The van der Waals surface area contributed by atoms with Crippen LogP contribution in [0.4, 0.5) is 0 Å². The number of hydrazone groups is 1. The average Bonchev–Trinajstić information content (AvgIpc) is 2.29. The molecular formula is C11H15ClN2O2S. The topological polar surface area (TPSA) is 58.5 Å². The Balaban J connectivity index is 2.63. The van der Waals surface area contributed by atoms with Crippen LogP contribution in [0.3, 0.4) is 0 Å². The number of benzene rings is 1. The summed E-state index contributed by atoms with van der Waals surface area (Å²) in [5.41, 5.74) is 1.01. The first kappa shape index (κ1) is 14.0. The van der Waals surface area contributed by atoms with Gasteiger partial charge in [-0.05, 0) is 31.9 Å². The van der Waals surface area contributed by atoms with E-state index in [1.165, 1.54) is 6.21 Å². The molecule has 0 aliphatic heterocycles. The van der Waals surface area contributed by atoms with Crippen molar-refractivity contribution in [3.63, 3.8) is 0 Å². The molecule has 1 aromatic carbocycles. The zero-order chi connectivity index (χ0) is 12.7. The fourth-order valence-electron chi connectivity index (χ4n) is 1.11. The van der Waals surface area contributed by atoms with E-state index in [1.807, 2.05) is 6.92 Å². The van der Waals surface area contributed by atoms with Crippen LogP contribution in [0.5, 0.6) is 0 Å². The molecule has 0 aliphatic carbocycles. The van der Waals surface area contributed by atoms with E-state index in [0.29, 0.717) is 12.3 Å². The van der Waals surface area contributed by atoms with E-state index in [0.717, 1.165) is 12.0 Å². The number of hydrogen-bond acceptors (Lipinski definition) is 3. The highest BCUT2D eigenvalue weighted by Gasteiger charge is 2.11. The molecule has 1 aromatic rings. The molecule has 0 amide bonds. The molecule has 0 aromatic heterocycles. The SMILES string of the molecule is Cc1ccc(S(=O)(=O)NN=CCCCCl)cc1. The smallest absolute Gasteiger partial charge is 0.200 e. The number of nitrogens with one attached hydrogen (secondary N) is 1. The van der Waals surface area contributed by atoms with Gasteiger partial charge in [-0.15, -0.1) is 11.6 Å². The largest absolute Gasteiger partial charge is 0.276 e. The molecule has 4 nitrogen and oxygen atoms in total. The lowest BCUT2D eigenvalue weighted by Gasteiger charge is -2.03. The number of aryl methyl sites for hydroxylation is 1. The van der Waals surface area contributed by atoms with Crippen molar-refractivity contribution in [1.82, 2.24) is 4.83 Å². The summed E-state index contributed by atoms with van der Waals surface area (Å²) in [6.45, 7) is 1.90. The van der Waals surface area contributed by atoms with Crippen molar-refractivity contribution in [3.05, 3.63) is 29.8 Å². The third-order valence-corrected chi connectivity index (χ3v) is 3.57. The van der Waals surface area contributed by atoms with Gasteiger partial charge in [0.05, 0.1) is 4.90 Å². The van der Waals surface area contributed by atoms with Gasteiger partial charge in [-0.1, -0.05) is 17.7 Å². The van der Waals surface area contributed by atoms with Gasteiger partial charge in [0.25, 0.3) is 10.0 Å². The number of sulfonamides is 1. The van der Waals surface area contributed by atoms with Crippen LogP contribution in [-0.4, -0.2) is 20.5 Å². The summed E-state index contributed by atoms with van der Waals surface area (Å²) in [6.07, 6.45) is 2.94. The van der Waals surface area contributed by atoms with E-state index < -0.39 is 10.0 Å². The van der Waals surface area contributed by atoms with E-state index >= 15 is 0 Å². The third-order valence-electron chi connectivity index (χ3n) is 2.06. The molecule has 0 atom stereocenters. The predicted molar refractivity (Wildman–Crippen MR) is 69.9 cm³/mol. The second kappa shape index (κ2) is 6.61. The Bertz CT molecular complexity index is 469. The van der Waals surface area contributed by atoms with Crippen LogP contribution >= 0.6 is 11.6 Å². The average molecular weight is 275 g/mol. The minimum absolute atomic E-state index is 0.206. The number of hydrogen-bond donors (Lipinski definition) is 1. The lowest BCUT2D eigenvalue weighted by Crippen LogP contribution is -2.18. The molecule has 17 heavy (non-hydrogen) atoms. The number of alkyl halides is 1. The van der Waals surface area contributed by atoms with Crippen molar-refractivity contribution in [1.29, 1.82) is 0 Å². The highest BCUT2D eigenvalue weighted by Crippen LogP contribution is 2.09. The van der Waals surface area contributed by atoms with Gasteiger partial charge in [0.2, 0.25) is 0 Å². The van der Waals surface area contributed by atoms with Gasteiger partial charge in [-0.2, -0.15) is 13.5 Å². The lowest BCUT2D eigenvalue weighted by atomic mass is 10.2. The predicted octanol–water partition coefficient (Wildman–Crippen LogP) is 2.28. The molecule has 1 rings (SSSR count). The van der Waals surface area contributed by atoms with Crippen LogP contribution in [0, 0.1) is 6.92 Å². The minimum atomic E-state index is -3.55. The fourth-order valence-corrected chi connectivity index (χ4v) is 2.08. The van der Waals surface area contributed by atoms with Gasteiger partial charge in [0.15, 0.2) is 0 Å². The summed E-state index contributed by atoms with van der Waals surface area (Å²) in [6, 6.07) is 6.58.